The molecular formula is C34H41ClN10O3S. The molecule has 3 fully saturated rings. The van der Waals surface area contributed by atoms with E-state index in [4.69, 9.17) is 11.6 Å². The Hall–Kier alpha value is -4.11. The van der Waals surface area contributed by atoms with Gasteiger partial charge >= 0.3 is 6.03 Å². The second-order valence-corrected chi connectivity index (χ2v) is 14.9. The second kappa shape index (κ2) is 14.8. The summed E-state index contributed by atoms with van der Waals surface area (Å²) >= 11 is 5.89. The zero-order chi connectivity index (χ0) is 33.9. The molecule has 49 heavy (non-hydrogen) atoms. The van der Waals surface area contributed by atoms with Gasteiger partial charge in [0, 0.05) is 69.9 Å². The SMILES string of the molecule is Cn1nc(N2CCC(=O)NC2=O)c2ccc(N3CCC(CNCc4cccc(S(=O)N5CCC(Nc6ncc(Cl)cn6)CC5)c4)CC3)cc21. The van der Waals surface area contributed by atoms with Crippen LogP contribution in [0.2, 0.25) is 5.02 Å². The van der Waals surface area contributed by atoms with Crippen LogP contribution in [0.5, 0.6) is 0 Å². The van der Waals surface area contributed by atoms with Crippen LogP contribution in [-0.4, -0.2) is 85.5 Å². The normalized spacial score (nSPS) is 19.0. The number of fused-ring (bicyclic) bond motifs is 1. The lowest BCUT2D eigenvalue weighted by Gasteiger charge is -2.34. The molecule has 0 bridgehead atoms. The van der Waals surface area contributed by atoms with E-state index in [-0.39, 0.29) is 18.4 Å². The van der Waals surface area contributed by atoms with Crippen LogP contribution in [-0.2, 0) is 29.4 Å². The van der Waals surface area contributed by atoms with Crippen LogP contribution in [0.25, 0.3) is 10.9 Å². The van der Waals surface area contributed by atoms with Gasteiger partial charge in [-0.05, 0) is 74.0 Å². The van der Waals surface area contributed by atoms with Crippen molar-refractivity contribution in [2.45, 2.75) is 49.6 Å². The summed E-state index contributed by atoms with van der Waals surface area (Å²) in [5.74, 6) is 1.47. The molecule has 3 aliphatic heterocycles. The van der Waals surface area contributed by atoms with Crippen molar-refractivity contribution in [3.8, 4) is 0 Å². The molecule has 3 amide bonds. The predicted octanol–water partition coefficient (Wildman–Crippen LogP) is 4.07. The number of hydrogen-bond acceptors (Lipinski definition) is 9. The first kappa shape index (κ1) is 33.4. The predicted molar refractivity (Wildman–Crippen MR) is 191 cm³/mol. The van der Waals surface area contributed by atoms with Crippen LogP contribution in [0.4, 0.5) is 22.2 Å². The Bertz CT molecular complexity index is 1840. The summed E-state index contributed by atoms with van der Waals surface area (Å²) in [4.78, 5) is 37.3. The highest BCUT2D eigenvalue weighted by molar-refractivity contribution is 7.82. The summed E-state index contributed by atoms with van der Waals surface area (Å²) in [5, 5.41) is 15.4. The van der Waals surface area contributed by atoms with Crippen molar-refractivity contribution in [1.82, 2.24) is 34.7 Å². The molecule has 15 heteroatoms. The van der Waals surface area contributed by atoms with Gasteiger partial charge in [-0.3, -0.25) is 19.7 Å². The van der Waals surface area contributed by atoms with Crippen molar-refractivity contribution < 1.29 is 13.8 Å². The lowest BCUT2D eigenvalue weighted by Crippen LogP contribution is -2.49. The number of benzene rings is 2. The van der Waals surface area contributed by atoms with Gasteiger partial charge in [0.05, 0.1) is 27.8 Å². The molecule has 0 saturated carbocycles. The van der Waals surface area contributed by atoms with Gasteiger partial charge < -0.3 is 15.5 Å². The molecule has 0 radical (unpaired) electrons. The number of rotatable bonds is 10. The number of imide groups is 1. The lowest BCUT2D eigenvalue weighted by atomic mass is 9.96. The Labute approximate surface area is 293 Å². The fourth-order valence-electron chi connectivity index (χ4n) is 6.85. The zero-order valence-corrected chi connectivity index (χ0v) is 29.1. The lowest BCUT2D eigenvalue weighted by molar-refractivity contribution is -0.120. The first-order valence-electron chi connectivity index (χ1n) is 16.8. The Morgan fingerprint density at radius 1 is 0.980 bits per heavy atom. The first-order valence-corrected chi connectivity index (χ1v) is 18.3. The highest BCUT2D eigenvalue weighted by Crippen LogP contribution is 2.32. The fourth-order valence-corrected chi connectivity index (χ4v) is 8.24. The molecule has 258 valence electrons. The number of carbonyl (C=O) groups is 2. The molecule has 5 heterocycles. The quantitative estimate of drug-likeness (QED) is 0.223. The molecule has 3 aliphatic rings. The van der Waals surface area contributed by atoms with Crippen molar-refractivity contribution in [3.05, 3.63) is 65.4 Å². The summed E-state index contributed by atoms with van der Waals surface area (Å²) in [7, 11) is 0.679. The van der Waals surface area contributed by atoms with Gasteiger partial charge in [0.15, 0.2) is 5.82 Å². The van der Waals surface area contributed by atoms with Gasteiger partial charge in [-0.25, -0.2) is 23.3 Å². The van der Waals surface area contributed by atoms with Gasteiger partial charge in [-0.2, -0.15) is 5.10 Å². The standard InChI is InChI=1S/C34H41ClN10O3S/c1-42-30-18-27(5-6-29(30)32(41-42)45-16-11-31(46)40-34(45)47)43-12-7-23(8-13-43)19-36-20-24-3-2-4-28(17-24)49(48)44-14-9-26(10-15-44)39-33-37-21-25(35)22-38-33/h2-6,17-18,21-23,26,36H,7-16,19-20H2,1H3,(H,37,38,39)(H,40,46,47). The first-order chi connectivity index (χ1) is 23.8. The Kier molecular flexibility index (Phi) is 10.1. The van der Waals surface area contributed by atoms with Gasteiger partial charge in [0.2, 0.25) is 11.9 Å². The van der Waals surface area contributed by atoms with Crippen LogP contribution in [0.15, 0.2) is 59.8 Å². The molecule has 13 nitrogen and oxygen atoms in total. The van der Waals surface area contributed by atoms with E-state index in [9.17, 15) is 13.8 Å². The molecule has 4 aromatic rings. The molecule has 3 saturated heterocycles. The van der Waals surface area contributed by atoms with Gasteiger partial charge in [-0.1, -0.05) is 23.7 Å². The number of urea groups is 1. The van der Waals surface area contributed by atoms with E-state index in [0.29, 0.717) is 29.3 Å². The van der Waals surface area contributed by atoms with Crippen molar-refractivity contribution >= 4 is 62.9 Å². The largest absolute Gasteiger partial charge is 0.371 e. The van der Waals surface area contributed by atoms with Crippen LogP contribution in [0.3, 0.4) is 0 Å². The van der Waals surface area contributed by atoms with Crippen LogP contribution in [0, 0.1) is 5.92 Å². The summed E-state index contributed by atoms with van der Waals surface area (Å²) in [6.45, 7) is 5.39. The Balaban J connectivity index is 0.867. The summed E-state index contributed by atoms with van der Waals surface area (Å²) < 4.78 is 17.3. The molecule has 0 aliphatic carbocycles. The second-order valence-electron chi connectivity index (χ2n) is 12.9. The van der Waals surface area contributed by atoms with E-state index in [2.05, 4.69) is 60.2 Å². The average molecular weight is 705 g/mol. The minimum atomic E-state index is -1.20. The number of anilines is 3. The van der Waals surface area contributed by atoms with Crippen molar-refractivity contribution in [2.24, 2.45) is 13.0 Å². The summed E-state index contributed by atoms with van der Waals surface area (Å²) in [6, 6.07) is 14.2. The number of aromatic nitrogens is 4. The molecular weight excluding hydrogens is 664 g/mol. The molecule has 3 N–H and O–H groups in total. The van der Waals surface area contributed by atoms with Crippen LogP contribution in [0.1, 0.15) is 37.7 Å². The third-order valence-corrected chi connectivity index (χ3v) is 11.3. The number of carbonyl (C=O) groups excluding carboxylic acids is 2. The van der Waals surface area contributed by atoms with Gasteiger partial charge in [0.25, 0.3) is 0 Å². The van der Waals surface area contributed by atoms with Gasteiger partial charge in [0.1, 0.15) is 11.0 Å². The minimum Gasteiger partial charge on any atom is -0.371 e. The van der Waals surface area contributed by atoms with Crippen LogP contribution < -0.4 is 25.8 Å². The Morgan fingerprint density at radius 2 is 1.76 bits per heavy atom. The van der Waals surface area contributed by atoms with Crippen molar-refractivity contribution in [2.75, 3.05) is 54.4 Å². The topological polar surface area (TPSA) is 141 Å². The highest BCUT2D eigenvalue weighted by atomic mass is 35.5. The molecule has 2 aromatic carbocycles. The number of nitrogens with one attached hydrogen (secondary N) is 3. The summed E-state index contributed by atoms with van der Waals surface area (Å²) in [5.41, 5.74) is 3.24. The monoisotopic (exact) mass is 704 g/mol. The van der Waals surface area contributed by atoms with E-state index >= 15 is 0 Å². The van der Waals surface area contributed by atoms with E-state index in [1.807, 2.05) is 29.6 Å². The molecule has 1 atom stereocenters. The molecule has 2 aromatic heterocycles. The minimum absolute atomic E-state index is 0.236. The van der Waals surface area contributed by atoms with E-state index in [1.54, 1.807) is 22.0 Å². The molecule has 7 rings (SSSR count). The van der Waals surface area contributed by atoms with E-state index in [1.165, 1.54) is 0 Å². The zero-order valence-electron chi connectivity index (χ0n) is 27.5. The number of aryl methyl sites for hydroxylation is 1. The number of hydrogen-bond donors (Lipinski definition) is 3. The molecule has 1 unspecified atom stereocenters. The van der Waals surface area contributed by atoms with Gasteiger partial charge in [-0.15, -0.1) is 0 Å². The third kappa shape index (κ3) is 7.72. The maximum Gasteiger partial charge on any atom is 0.329 e. The Morgan fingerprint density at radius 3 is 2.51 bits per heavy atom. The van der Waals surface area contributed by atoms with E-state index < -0.39 is 17.0 Å². The number of nitrogens with zero attached hydrogens (tertiary/aromatic N) is 7. The van der Waals surface area contributed by atoms with Crippen molar-refractivity contribution in [1.29, 1.82) is 0 Å². The summed E-state index contributed by atoms with van der Waals surface area (Å²) in [6.07, 6.45) is 7.33. The highest BCUT2D eigenvalue weighted by Gasteiger charge is 2.29. The maximum atomic E-state index is 13.4. The number of halogens is 1. The van der Waals surface area contributed by atoms with Crippen LogP contribution >= 0.6 is 11.6 Å². The number of piperidine rings is 2. The average Bonchev–Trinajstić information content (AvgIpc) is 3.44. The number of amides is 3. The van der Waals surface area contributed by atoms with E-state index in [0.717, 1.165) is 92.0 Å². The molecule has 0 spiro atoms. The maximum absolute atomic E-state index is 13.4. The third-order valence-electron chi connectivity index (χ3n) is 9.61. The fraction of sp³-hybridized carbons (Fsp3) is 0.441. The smallest absolute Gasteiger partial charge is 0.329 e. The van der Waals surface area contributed by atoms with Crippen molar-refractivity contribution in [3.63, 3.8) is 0 Å².